The van der Waals surface area contributed by atoms with Crippen LogP contribution in [0.4, 0.5) is 5.69 Å². The first-order chi connectivity index (χ1) is 12.0. The standard InChI is InChI=1S/C17H15N3O5/c1-24-10-6-9(7-11(8-10)25-2)19-16(22)13-14(21)12-4-3-5-18-15(12)20-17(13)23/h3-8H,1-2H3,(H,19,22)(H2,18,20,21,23). The second-order valence-corrected chi connectivity index (χ2v) is 5.13. The van der Waals surface area contributed by atoms with Crippen LogP contribution >= 0.6 is 0 Å². The summed E-state index contributed by atoms with van der Waals surface area (Å²) in [5, 5.41) is 13.1. The van der Waals surface area contributed by atoms with Crippen molar-refractivity contribution in [1.29, 1.82) is 0 Å². The Bertz CT molecular complexity index is 991. The van der Waals surface area contributed by atoms with Gasteiger partial charge in [0.15, 0.2) is 0 Å². The van der Waals surface area contributed by atoms with E-state index in [0.29, 0.717) is 17.2 Å². The molecule has 0 aliphatic rings. The van der Waals surface area contributed by atoms with Crippen molar-refractivity contribution in [1.82, 2.24) is 9.97 Å². The first-order valence-corrected chi connectivity index (χ1v) is 7.28. The summed E-state index contributed by atoms with van der Waals surface area (Å²) in [4.78, 5) is 31.1. The van der Waals surface area contributed by atoms with Crippen LogP contribution in [0.5, 0.6) is 17.2 Å². The molecule has 0 fully saturated rings. The second-order valence-electron chi connectivity index (χ2n) is 5.13. The molecule has 1 aromatic carbocycles. The molecule has 8 nitrogen and oxygen atoms in total. The van der Waals surface area contributed by atoms with E-state index in [1.54, 1.807) is 30.3 Å². The Morgan fingerprint density at radius 3 is 2.52 bits per heavy atom. The number of H-pyrrole nitrogens is 1. The van der Waals surface area contributed by atoms with Gasteiger partial charge in [-0.2, -0.15) is 0 Å². The highest BCUT2D eigenvalue weighted by molar-refractivity contribution is 6.08. The van der Waals surface area contributed by atoms with Crippen LogP contribution in [-0.4, -0.2) is 35.2 Å². The first-order valence-electron chi connectivity index (χ1n) is 7.28. The number of hydrogen-bond acceptors (Lipinski definition) is 6. The highest BCUT2D eigenvalue weighted by Crippen LogP contribution is 2.27. The smallest absolute Gasteiger partial charge is 0.266 e. The van der Waals surface area contributed by atoms with Gasteiger partial charge in [0.05, 0.1) is 19.6 Å². The summed E-state index contributed by atoms with van der Waals surface area (Å²) < 4.78 is 10.3. The molecule has 0 spiro atoms. The van der Waals surface area contributed by atoms with Gasteiger partial charge in [-0.25, -0.2) is 4.98 Å². The van der Waals surface area contributed by atoms with Gasteiger partial charge in [-0.05, 0) is 12.1 Å². The molecule has 2 aromatic heterocycles. The van der Waals surface area contributed by atoms with Crippen LogP contribution in [0, 0.1) is 0 Å². The number of nitrogens with one attached hydrogen (secondary N) is 2. The van der Waals surface area contributed by atoms with Crippen molar-refractivity contribution >= 4 is 22.6 Å². The minimum atomic E-state index is -0.764. The topological polar surface area (TPSA) is 114 Å². The van der Waals surface area contributed by atoms with E-state index in [1.165, 1.54) is 20.4 Å². The molecule has 0 saturated carbocycles. The molecule has 0 aliphatic carbocycles. The SMILES string of the molecule is COc1cc(NC(=O)c2c(O)c3cccnc3[nH]c2=O)cc(OC)c1. The fourth-order valence-electron chi connectivity index (χ4n) is 2.39. The second kappa shape index (κ2) is 6.52. The highest BCUT2D eigenvalue weighted by atomic mass is 16.5. The largest absolute Gasteiger partial charge is 0.506 e. The number of ether oxygens (including phenoxy) is 2. The molecule has 128 valence electrons. The molecule has 0 atom stereocenters. The third kappa shape index (κ3) is 3.09. The zero-order valence-corrected chi connectivity index (χ0v) is 13.5. The molecule has 0 saturated heterocycles. The normalized spacial score (nSPS) is 10.5. The average molecular weight is 341 g/mol. The van der Waals surface area contributed by atoms with E-state index in [2.05, 4.69) is 15.3 Å². The number of methoxy groups -OCH3 is 2. The van der Waals surface area contributed by atoms with Gasteiger partial charge < -0.3 is 24.9 Å². The number of carbonyl (C=O) groups is 1. The number of nitrogens with zero attached hydrogens (tertiary/aromatic N) is 1. The molecule has 8 heteroatoms. The average Bonchev–Trinajstić information content (AvgIpc) is 2.61. The molecule has 2 heterocycles. The predicted octanol–water partition coefficient (Wildman–Crippen LogP) is 1.90. The van der Waals surface area contributed by atoms with Gasteiger partial charge in [0, 0.05) is 30.1 Å². The Labute approximate surface area is 142 Å². The molecule has 0 bridgehead atoms. The fraction of sp³-hybridized carbons (Fsp3) is 0.118. The van der Waals surface area contributed by atoms with Gasteiger partial charge in [0.25, 0.3) is 11.5 Å². The third-order valence-corrected chi connectivity index (χ3v) is 3.60. The summed E-state index contributed by atoms with van der Waals surface area (Å²) in [6.45, 7) is 0. The molecule has 3 rings (SSSR count). The Hall–Kier alpha value is -3.55. The van der Waals surface area contributed by atoms with Crippen LogP contribution in [0.2, 0.25) is 0 Å². The fourth-order valence-corrected chi connectivity index (χ4v) is 2.39. The summed E-state index contributed by atoms with van der Waals surface area (Å²) in [7, 11) is 2.96. The maximum Gasteiger partial charge on any atom is 0.266 e. The summed E-state index contributed by atoms with van der Waals surface area (Å²) in [6.07, 6.45) is 1.47. The zero-order chi connectivity index (χ0) is 18.0. The Kier molecular flexibility index (Phi) is 4.25. The summed E-state index contributed by atoms with van der Waals surface area (Å²) in [5.74, 6) is -0.259. The Morgan fingerprint density at radius 2 is 1.88 bits per heavy atom. The van der Waals surface area contributed by atoms with Crippen molar-refractivity contribution < 1.29 is 19.4 Å². The minimum absolute atomic E-state index is 0.199. The Balaban J connectivity index is 2.02. The number of rotatable bonds is 4. The van der Waals surface area contributed by atoms with Gasteiger partial charge in [0.1, 0.15) is 28.5 Å². The van der Waals surface area contributed by atoms with E-state index in [0.717, 1.165) is 0 Å². The van der Waals surface area contributed by atoms with Crippen molar-refractivity contribution in [3.63, 3.8) is 0 Å². The van der Waals surface area contributed by atoms with Crippen molar-refractivity contribution in [2.24, 2.45) is 0 Å². The van der Waals surface area contributed by atoms with Crippen LogP contribution in [0.25, 0.3) is 11.0 Å². The number of pyridine rings is 2. The van der Waals surface area contributed by atoms with E-state index in [4.69, 9.17) is 9.47 Å². The summed E-state index contributed by atoms with van der Waals surface area (Å²) >= 11 is 0. The number of aromatic amines is 1. The highest BCUT2D eigenvalue weighted by Gasteiger charge is 2.20. The van der Waals surface area contributed by atoms with Gasteiger partial charge in [0.2, 0.25) is 0 Å². The number of amides is 1. The van der Waals surface area contributed by atoms with E-state index in [9.17, 15) is 14.7 Å². The number of anilines is 1. The van der Waals surface area contributed by atoms with Crippen LogP contribution in [0.15, 0.2) is 41.3 Å². The summed E-state index contributed by atoms with van der Waals surface area (Å²) in [5.41, 5.74) is -0.589. The minimum Gasteiger partial charge on any atom is -0.506 e. The molecule has 0 radical (unpaired) electrons. The van der Waals surface area contributed by atoms with Gasteiger partial charge in [-0.15, -0.1) is 0 Å². The van der Waals surface area contributed by atoms with Gasteiger partial charge >= 0.3 is 0 Å². The molecule has 3 aromatic rings. The van der Waals surface area contributed by atoms with E-state index in [-0.39, 0.29) is 11.0 Å². The quantitative estimate of drug-likeness (QED) is 0.668. The molecule has 0 aliphatic heterocycles. The predicted molar refractivity (Wildman–Crippen MR) is 91.5 cm³/mol. The van der Waals surface area contributed by atoms with E-state index in [1.807, 2.05) is 0 Å². The number of aromatic hydroxyl groups is 1. The number of aromatic nitrogens is 2. The van der Waals surface area contributed by atoms with Crippen LogP contribution in [0.3, 0.4) is 0 Å². The number of benzene rings is 1. The van der Waals surface area contributed by atoms with Crippen LogP contribution in [-0.2, 0) is 0 Å². The van der Waals surface area contributed by atoms with Crippen molar-refractivity contribution in [2.45, 2.75) is 0 Å². The van der Waals surface area contributed by atoms with Crippen molar-refractivity contribution in [3.05, 3.63) is 52.4 Å². The lowest BCUT2D eigenvalue weighted by molar-refractivity contribution is 0.102. The maximum atomic E-state index is 12.5. The van der Waals surface area contributed by atoms with Crippen LogP contribution in [0.1, 0.15) is 10.4 Å². The molecule has 3 N–H and O–H groups in total. The lowest BCUT2D eigenvalue weighted by Gasteiger charge is -2.11. The summed E-state index contributed by atoms with van der Waals surface area (Å²) in [6, 6.07) is 7.91. The zero-order valence-electron chi connectivity index (χ0n) is 13.5. The number of fused-ring (bicyclic) bond motifs is 1. The van der Waals surface area contributed by atoms with E-state index < -0.39 is 22.8 Å². The number of hydrogen-bond donors (Lipinski definition) is 3. The first kappa shape index (κ1) is 16.3. The molecule has 1 amide bonds. The van der Waals surface area contributed by atoms with Crippen molar-refractivity contribution in [2.75, 3.05) is 19.5 Å². The third-order valence-electron chi connectivity index (χ3n) is 3.60. The van der Waals surface area contributed by atoms with Gasteiger partial charge in [-0.1, -0.05) is 0 Å². The molecule has 0 unspecified atom stereocenters. The lowest BCUT2D eigenvalue weighted by Crippen LogP contribution is -2.23. The molecular formula is C17H15N3O5. The maximum absolute atomic E-state index is 12.5. The number of carbonyl (C=O) groups excluding carboxylic acids is 1. The monoisotopic (exact) mass is 341 g/mol. The molecule has 25 heavy (non-hydrogen) atoms. The van der Waals surface area contributed by atoms with Gasteiger partial charge in [-0.3, -0.25) is 9.59 Å². The molecular weight excluding hydrogens is 326 g/mol. The lowest BCUT2D eigenvalue weighted by atomic mass is 10.1. The van der Waals surface area contributed by atoms with Crippen molar-refractivity contribution in [3.8, 4) is 17.2 Å². The van der Waals surface area contributed by atoms with Crippen LogP contribution < -0.4 is 20.3 Å². The Morgan fingerprint density at radius 1 is 1.20 bits per heavy atom. The van der Waals surface area contributed by atoms with E-state index >= 15 is 0 Å².